The molecule has 2 N–H and O–H groups in total. The van der Waals surface area contributed by atoms with Gasteiger partial charge in [0.05, 0.1) is 6.10 Å². The third-order valence-corrected chi connectivity index (χ3v) is 2.20. The second kappa shape index (κ2) is 4.04. The first-order valence-corrected chi connectivity index (χ1v) is 4.26. The number of aliphatic hydroxyl groups is 1. The molecule has 2 unspecified atom stereocenters. The zero-order valence-corrected chi connectivity index (χ0v) is 7.38. The summed E-state index contributed by atoms with van der Waals surface area (Å²) in [6.07, 6.45) is 1.85. The Labute approximate surface area is 68.4 Å². The summed E-state index contributed by atoms with van der Waals surface area (Å²) in [4.78, 5) is 2.15. The molecule has 3 heteroatoms. The monoisotopic (exact) mass is 158 g/mol. The van der Waals surface area contributed by atoms with Crippen LogP contribution >= 0.6 is 0 Å². The Balaban J connectivity index is 2.15. The van der Waals surface area contributed by atoms with Crippen molar-refractivity contribution in [2.24, 2.45) is 0 Å². The van der Waals surface area contributed by atoms with Gasteiger partial charge >= 0.3 is 0 Å². The van der Waals surface area contributed by atoms with Crippen molar-refractivity contribution in [2.75, 3.05) is 27.2 Å². The van der Waals surface area contributed by atoms with Gasteiger partial charge in [0, 0.05) is 6.04 Å². The molecule has 2 atom stereocenters. The maximum absolute atomic E-state index is 9.42. The van der Waals surface area contributed by atoms with E-state index in [1.54, 1.807) is 0 Å². The van der Waals surface area contributed by atoms with Crippen molar-refractivity contribution < 1.29 is 5.11 Å². The molecule has 11 heavy (non-hydrogen) atoms. The highest BCUT2D eigenvalue weighted by Crippen LogP contribution is 2.09. The summed E-state index contributed by atoms with van der Waals surface area (Å²) in [5.41, 5.74) is 0. The van der Waals surface area contributed by atoms with Crippen LogP contribution in [0, 0.1) is 0 Å². The fourth-order valence-corrected chi connectivity index (χ4v) is 1.45. The highest BCUT2D eigenvalue weighted by Gasteiger charge is 2.23. The number of aliphatic hydroxyl groups excluding tert-OH is 1. The first-order valence-electron chi connectivity index (χ1n) is 4.26. The van der Waals surface area contributed by atoms with Crippen molar-refractivity contribution in [3.05, 3.63) is 0 Å². The lowest BCUT2D eigenvalue weighted by atomic mass is 10.1. The number of nitrogens with one attached hydrogen (secondary N) is 1. The van der Waals surface area contributed by atoms with Gasteiger partial charge in [0.2, 0.25) is 0 Å². The molecule has 0 aromatic carbocycles. The number of hydrogen-bond donors (Lipinski definition) is 2. The molecule has 0 aliphatic carbocycles. The molecule has 0 aromatic heterocycles. The zero-order valence-electron chi connectivity index (χ0n) is 7.38. The second-order valence-electron chi connectivity index (χ2n) is 3.51. The Kier molecular flexibility index (Phi) is 3.30. The Morgan fingerprint density at radius 1 is 1.55 bits per heavy atom. The molecule has 1 saturated heterocycles. The molecule has 0 amide bonds. The molecule has 0 bridgehead atoms. The fraction of sp³-hybridized carbons (Fsp3) is 1.00. The molecule has 1 aliphatic rings. The molecular formula is C8H18N2O. The third-order valence-electron chi connectivity index (χ3n) is 2.20. The summed E-state index contributed by atoms with van der Waals surface area (Å²) in [6.45, 7) is 2.02. The standard InChI is InChI=1S/C8H18N2O/c1-10(2)6-4-7-8(11)3-5-9-7/h7-9,11H,3-6H2,1-2H3. The maximum atomic E-state index is 9.42. The minimum absolute atomic E-state index is 0.116. The molecule has 0 spiro atoms. The number of nitrogens with zero attached hydrogens (tertiary/aromatic N) is 1. The van der Waals surface area contributed by atoms with Crippen LogP contribution < -0.4 is 5.32 Å². The Hall–Kier alpha value is -0.120. The second-order valence-corrected chi connectivity index (χ2v) is 3.51. The van der Waals surface area contributed by atoms with E-state index in [4.69, 9.17) is 0 Å². The molecule has 0 aromatic rings. The van der Waals surface area contributed by atoms with E-state index in [9.17, 15) is 5.11 Å². The van der Waals surface area contributed by atoms with Crippen LogP contribution in [0.15, 0.2) is 0 Å². The van der Waals surface area contributed by atoms with Crippen LogP contribution in [-0.2, 0) is 0 Å². The molecule has 66 valence electrons. The van der Waals surface area contributed by atoms with Gasteiger partial charge in [-0.1, -0.05) is 0 Å². The minimum Gasteiger partial charge on any atom is -0.391 e. The summed E-state index contributed by atoms with van der Waals surface area (Å²) in [7, 11) is 4.11. The van der Waals surface area contributed by atoms with Crippen LogP contribution in [0.25, 0.3) is 0 Å². The van der Waals surface area contributed by atoms with E-state index >= 15 is 0 Å². The first kappa shape index (κ1) is 8.97. The normalized spacial score (nSPS) is 31.6. The Morgan fingerprint density at radius 3 is 2.73 bits per heavy atom. The third kappa shape index (κ3) is 2.77. The minimum atomic E-state index is -0.116. The lowest BCUT2D eigenvalue weighted by Gasteiger charge is -2.17. The van der Waals surface area contributed by atoms with E-state index in [0.29, 0.717) is 6.04 Å². The lowest BCUT2D eigenvalue weighted by molar-refractivity contribution is 0.150. The van der Waals surface area contributed by atoms with E-state index in [1.165, 1.54) is 0 Å². The molecule has 1 heterocycles. The van der Waals surface area contributed by atoms with Crippen molar-refractivity contribution in [1.29, 1.82) is 0 Å². The van der Waals surface area contributed by atoms with Gasteiger partial charge in [0.15, 0.2) is 0 Å². The van der Waals surface area contributed by atoms with Crippen LogP contribution in [0.3, 0.4) is 0 Å². The molecule has 1 aliphatic heterocycles. The van der Waals surface area contributed by atoms with E-state index in [-0.39, 0.29) is 6.10 Å². The molecule has 0 saturated carbocycles. The molecule has 0 radical (unpaired) electrons. The van der Waals surface area contributed by atoms with Gasteiger partial charge < -0.3 is 15.3 Å². The van der Waals surface area contributed by atoms with Crippen molar-refractivity contribution >= 4 is 0 Å². The van der Waals surface area contributed by atoms with Gasteiger partial charge in [0.25, 0.3) is 0 Å². The van der Waals surface area contributed by atoms with Gasteiger partial charge in [-0.25, -0.2) is 0 Å². The van der Waals surface area contributed by atoms with E-state index in [0.717, 1.165) is 25.9 Å². The quantitative estimate of drug-likeness (QED) is 0.590. The van der Waals surface area contributed by atoms with Gasteiger partial charge in [-0.15, -0.1) is 0 Å². The van der Waals surface area contributed by atoms with Crippen LogP contribution in [0.5, 0.6) is 0 Å². The van der Waals surface area contributed by atoms with Crippen molar-refractivity contribution in [3.8, 4) is 0 Å². The van der Waals surface area contributed by atoms with Crippen LogP contribution in [0.1, 0.15) is 12.8 Å². The number of rotatable bonds is 3. The fourth-order valence-electron chi connectivity index (χ4n) is 1.45. The SMILES string of the molecule is CN(C)CCC1NCCC1O. The number of hydrogen-bond acceptors (Lipinski definition) is 3. The van der Waals surface area contributed by atoms with Crippen molar-refractivity contribution in [2.45, 2.75) is 25.0 Å². The van der Waals surface area contributed by atoms with E-state index < -0.39 is 0 Å². The summed E-state index contributed by atoms with van der Waals surface area (Å²) >= 11 is 0. The maximum Gasteiger partial charge on any atom is 0.0705 e. The van der Waals surface area contributed by atoms with Crippen molar-refractivity contribution in [3.63, 3.8) is 0 Å². The first-order chi connectivity index (χ1) is 5.20. The Bertz CT molecular complexity index is 117. The van der Waals surface area contributed by atoms with Gasteiger partial charge in [-0.05, 0) is 40.0 Å². The highest BCUT2D eigenvalue weighted by molar-refractivity contribution is 4.83. The molecule has 1 rings (SSSR count). The van der Waals surface area contributed by atoms with E-state index in [2.05, 4.69) is 24.3 Å². The predicted octanol–water partition coefficient (Wildman–Crippen LogP) is -0.339. The lowest BCUT2D eigenvalue weighted by Crippen LogP contribution is -2.33. The summed E-state index contributed by atoms with van der Waals surface area (Å²) in [6, 6.07) is 0.331. The van der Waals surface area contributed by atoms with Gasteiger partial charge in [-0.2, -0.15) is 0 Å². The molecular weight excluding hydrogens is 140 g/mol. The van der Waals surface area contributed by atoms with Crippen LogP contribution in [0.2, 0.25) is 0 Å². The average molecular weight is 158 g/mol. The highest BCUT2D eigenvalue weighted by atomic mass is 16.3. The Morgan fingerprint density at radius 2 is 2.27 bits per heavy atom. The largest absolute Gasteiger partial charge is 0.391 e. The summed E-state index contributed by atoms with van der Waals surface area (Å²) < 4.78 is 0. The summed E-state index contributed by atoms with van der Waals surface area (Å²) in [5.74, 6) is 0. The predicted molar refractivity (Wildman–Crippen MR) is 45.6 cm³/mol. The average Bonchev–Trinajstić information content (AvgIpc) is 2.31. The van der Waals surface area contributed by atoms with E-state index in [1.807, 2.05) is 0 Å². The molecule has 3 nitrogen and oxygen atoms in total. The van der Waals surface area contributed by atoms with Crippen LogP contribution in [0.4, 0.5) is 0 Å². The smallest absolute Gasteiger partial charge is 0.0705 e. The molecule has 1 fully saturated rings. The zero-order chi connectivity index (χ0) is 8.27. The topological polar surface area (TPSA) is 35.5 Å². The van der Waals surface area contributed by atoms with Crippen LogP contribution in [-0.4, -0.2) is 49.3 Å². The van der Waals surface area contributed by atoms with Gasteiger partial charge in [-0.3, -0.25) is 0 Å². The van der Waals surface area contributed by atoms with Crippen molar-refractivity contribution in [1.82, 2.24) is 10.2 Å². The summed E-state index contributed by atoms with van der Waals surface area (Å²) in [5, 5.41) is 12.7. The van der Waals surface area contributed by atoms with Gasteiger partial charge in [0.1, 0.15) is 0 Å².